The van der Waals surface area contributed by atoms with Crippen LogP contribution in [0.5, 0.6) is 0 Å². The average molecular weight is 246 g/mol. The molecule has 1 heterocycles. The van der Waals surface area contributed by atoms with Crippen LogP contribution in [-0.2, 0) is 13.0 Å². The van der Waals surface area contributed by atoms with Gasteiger partial charge in [-0.3, -0.25) is 0 Å². The van der Waals surface area contributed by atoms with Gasteiger partial charge in [-0.25, -0.2) is 0 Å². The van der Waals surface area contributed by atoms with Crippen molar-refractivity contribution in [3.8, 4) is 0 Å². The van der Waals surface area contributed by atoms with E-state index in [1.807, 2.05) is 49.3 Å². The molecular weight excluding hydrogens is 228 g/mol. The van der Waals surface area contributed by atoms with Crippen LogP contribution in [0.4, 0.5) is 0 Å². The standard InChI is InChI=1S/C13H18N4O/c1-17(2)9-12-15-13(18-16-12)8-11(14)10-6-4-3-5-7-10/h3-7,11H,8-9,14H2,1-2H3. The molecule has 0 amide bonds. The van der Waals surface area contributed by atoms with Crippen molar-refractivity contribution in [2.75, 3.05) is 14.1 Å². The quantitative estimate of drug-likeness (QED) is 0.863. The molecule has 5 nitrogen and oxygen atoms in total. The molecule has 5 heteroatoms. The fourth-order valence-corrected chi connectivity index (χ4v) is 1.73. The van der Waals surface area contributed by atoms with Crippen molar-refractivity contribution < 1.29 is 4.52 Å². The Morgan fingerprint density at radius 1 is 1.28 bits per heavy atom. The van der Waals surface area contributed by atoms with Gasteiger partial charge in [0.2, 0.25) is 5.89 Å². The van der Waals surface area contributed by atoms with E-state index < -0.39 is 0 Å². The molecule has 0 aliphatic rings. The highest BCUT2D eigenvalue weighted by molar-refractivity contribution is 5.19. The number of nitrogens with two attached hydrogens (primary N) is 1. The second-order valence-corrected chi connectivity index (χ2v) is 4.56. The van der Waals surface area contributed by atoms with E-state index in [0.29, 0.717) is 24.7 Å². The van der Waals surface area contributed by atoms with E-state index in [-0.39, 0.29) is 6.04 Å². The first kappa shape index (κ1) is 12.7. The first-order valence-electron chi connectivity index (χ1n) is 5.92. The summed E-state index contributed by atoms with van der Waals surface area (Å²) >= 11 is 0. The molecule has 2 rings (SSSR count). The summed E-state index contributed by atoms with van der Waals surface area (Å²) in [6.07, 6.45) is 0.560. The van der Waals surface area contributed by atoms with Crippen LogP contribution in [-0.4, -0.2) is 29.1 Å². The van der Waals surface area contributed by atoms with Gasteiger partial charge in [0, 0.05) is 12.5 Å². The number of nitrogens with zero attached hydrogens (tertiary/aromatic N) is 3. The maximum Gasteiger partial charge on any atom is 0.228 e. The second kappa shape index (κ2) is 5.75. The van der Waals surface area contributed by atoms with Crippen molar-refractivity contribution >= 4 is 0 Å². The van der Waals surface area contributed by atoms with Crippen molar-refractivity contribution in [3.05, 3.63) is 47.6 Å². The van der Waals surface area contributed by atoms with Gasteiger partial charge < -0.3 is 15.2 Å². The first-order chi connectivity index (χ1) is 8.65. The maximum absolute atomic E-state index is 6.10. The van der Waals surface area contributed by atoms with E-state index in [9.17, 15) is 0 Å². The molecule has 0 spiro atoms. The van der Waals surface area contributed by atoms with Crippen molar-refractivity contribution in [2.45, 2.75) is 19.0 Å². The second-order valence-electron chi connectivity index (χ2n) is 4.56. The largest absolute Gasteiger partial charge is 0.339 e. The zero-order valence-corrected chi connectivity index (χ0v) is 10.7. The third-order valence-electron chi connectivity index (χ3n) is 2.59. The third-order valence-corrected chi connectivity index (χ3v) is 2.59. The van der Waals surface area contributed by atoms with Gasteiger partial charge >= 0.3 is 0 Å². The highest BCUT2D eigenvalue weighted by Gasteiger charge is 2.12. The van der Waals surface area contributed by atoms with E-state index in [1.54, 1.807) is 0 Å². The lowest BCUT2D eigenvalue weighted by Gasteiger charge is -2.08. The number of hydrogen-bond donors (Lipinski definition) is 1. The fraction of sp³-hybridized carbons (Fsp3) is 0.385. The molecule has 1 aromatic heterocycles. The molecule has 0 aliphatic carbocycles. The smallest absolute Gasteiger partial charge is 0.228 e. The summed E-state index contributed by atoms with van der Waals surface area (Å²) in [5, 5.41) is 3.92. The third kappa shape index (κ3) is 3.38. The van der Waals surface area contributed by atoms with Gasteiger partial charge in [-0.15, -0.1) is 0 Å². The average Bonchev–Trinajstić information content (AvgIpc) is 2.76. The minimum atomic E-state index is -0.112. The lowest BCUT2D eigenvalue weighted by Crippen LogP contribution is -2.14. The molecule has 1 unspecified atom stereocenters. The van der Waals surface area contributed by atoms with E-state index in [2.05, 4.69) is 10.1 Å². The van der Waals surface area contributed by atoms with Crippen molar-refractivity contribution in [1.29, 1.82) is 0 Å². The minimum absolute atomic E-state index is 0.112. The SMILES string of the molecule is CN(C)Cc1noc(CC(N)c2ccccc2)n1. The van der Waals surface area contributed by atoms with Crippen molar-refractivity contribution in [1.82, 2.24) is 15.0 Å². The van der Waals surface area contributed by atoms with E-state index in [4.69, 9.17) is 10.3 Å². The number of benzene rings is 1. The van der Waals surface area contributed by atoms with Crippen LogP contribution in [0.3, 0.4) is 0 Å². The molecule has 0 bridgehead atoms. The van der Waals surface area contributed by atoms with E-state index in [1.165, 1.54) is 0 Å². The van der Waals surface area contributed by atoms with Crippen LogP contribution in [0.1, 0.15) is 23.3 Å². The van der Waals surface area contributed by atoms with Gasteiger partial charge in [0.15, 0.2) is 5.82 Å². The monoisotopic (exact) mass is 246 g/mol. The van der Waals surface area contributed by atoms with E-state index >= 15 is 0 Å². The molecule has 0 saturated carbocycles. The molecular formula is C13H18N4O. The Hall–Kier alpha value is -1.72. The summed E-state index contributed by atoms with van der Waals surface area (Å²) in [6, 6.07) is 9.81. The van der Waals surface area contributed by atoms with Gasteiger partial charge in [-0.2, -0.15) is 4.98 Å². The van der Waals surface area contributed by atoms with Crippen LogP contribution in [0.15, 0.2) is 34.9 Å². The van der Waals surface area contributed by atoms with Crippen LogP contribution in [0, 0.1) is 0 Å². The predicted octanol–water partition coefficient (Wildman–Crippen LogP) is 1.37. The lowest BCUT2D eigenvalue weighted by atomic mass is 10.1. The Bertz CT molecular complexity index is 481. The van der Waals surface area contributed by atoms with Crippen LogP contribution in [0.2, 0.25) is 0 Å². The molecule has 0 saturated heterocycles. The predicted molar refractivity (Wildman–Crippen MR) is 68.8 cm³/mol. The minimum Gasteiger partial charge on any atom is -0.339 e. The number of aromatic nitrogens is 2. The number of rotatable bonds is 5. The molecule has 0 radical (unpaired) electrons. The maximum atomic E-state index is 6.10. The summed E-state index contributed by atoms with van der Waals surface area (Å²) in [6.45, 7) is 0.671. The summed E-state index contributed by atoms with van der Waals surface area (Å²) in [4.78, 5) is 6.31. The molecule has 96 valence electrons. The molecule has 2 aromatic rings. The Labute approximate surface area is 107 Å². The van der Waals surface area contributed by atoms with Crippen LogP contribution < -0.4 is 5.73 Å². The van der Waals surface area contributed by atoms with Crippen LogP contribution >= 0.6 is 0 Å². The zero-order valence-electron chi connectivity index (χ0n) is 10.7. The topological polar surface area (TPSA) is 68.2 Å². The van der Waals surface area contributed by atoms with Crippen molar-refractivity contribution in [2.24, 2.45) is 5.73 Å². The summed E-state index contributed by atoms with van der Waals surface area (Å²) in [5.74, 6) is 1.28. The van der Waals surface area contributed by atoms with Crippen LogP contribution in [0.25, 0.3) is 0 Å². The van der Waals surface area contributed by atoms with Gasteiger partial charge in [0.05, 0.1) is 6.54 Å². The molecule has 0 fully saturated rings. The van der Waals surface area contributed by atoms with Gasteiger partial charge in [0.25, 0.3) is 0 Å². The molecule has 1 atom stereocenters. The first-order valence-corrected chi connectivity index (χ1v) is 5.92. The number of hydrogen-bond acceptors (Lipinski definition) is 5. The normalized spacial score (nSPS) is 12.9. The zero-order chi connectivity index (χ0) is 13.0. The van der Waals surface area contributed by atoms with Gasteiger partial charge in [0.1, 0.15) is 0 Å². The molecule has 2 N–H and O–H groups in total. The highest BCUT2D eigenvalue weighted by Crippen LogP contribution is 2.14. The Kier molecular flexibility index (Phi) is 4.07. The Morgan fingerprint density at radius 3 is 2.67 bits per heavy atom. The highest BCUT2D eigenvalue weighted by atomic mass is 16.5. The fourth-order valence-electron chi connectivity index (χ4n) is 1.73. The van der Waals surface area contributed by atoms with Crippen molar-refractivity contribution in [3.63, 3.8) is 0 Å². The lowest BCUT2D eigenvalue weighted by molar-refractivity contribution is 0.345. The molecule has 0 aliphatic heterocycles. The summed E-state index contributed by atoms with van der Waals surface area (Å²) < 4.78 is 5.19. The van der Waals surface area contributed by atoms with Gasteiger partial charge in [-0.05, 0) is 19.7 Å². The van der Waals surface area contributed by atoms with E-state index in [0.717, 1.165) is 5.56 Å². The summed E-state index contributed by atoms with van der Waals surface area (Å²) in [7, 11) is 3.93. The molecule has 1 aromatic carbocycles. The molecule has 18 heavy (non-hydrogen) atoms. The van der Waals surface area contributed by atoms with Gasteiger partial charge in [-0.1, -0.05) is 35.5 Å². The summed E-state index contributed by atoms with van der Waals surface area (Å²) in [5.41, 5.74) is 7.17. The Morgan fingerprint density at radius 2 is 2.00 bits per heavy atom. The Balaban J connectivity index is 1.99.